The van der Waals surface area contributed by atoms with E-state index in [1.807, 2.05) is 41.9 Å². The summed E-state index contributed by atoms with van der Waals surface area (Å²) in [5.74, 6) is 0.763. The number of nitrogens with zero attached hydrogens (tertiary/aromatic N) is 4. The molecule has 144 valence electrons. The highest BCUT2D eigenvalue weighted by Crippen LogP contribution is 2.26. The predicted molar refractivity (Wildman–Crippen MR) is 109 cm³/mol. The molecule has 4 rings (SSSR count). The van der Waals surface area contributed by atoms with Gasteiger partial charge in [-0.15, -0.1) is 0 Å². The second-order valence-corrected chi connectivity index (χ2v) is 6.79. The fourth-order valence-electron chi connectivity index (χ4n) is 3.37. The van der Waals surface area contributed by atoms with E-state index in [1.54, 1.807) is 18.6 Å². The lowest BCUT2D eigenvalue weighted by molar-refractivity contribution is 0.0904. The van der Waals surface area contributed by atoms with Crippen LogP contribution in [0.25, 0.3) is 17.1 Å². The number of anilines is 1. The first-order chi connectivity index (χ1) is 13.8. The van der Waals surface area contributed by atoms with Crippen molar-refractivity contribution in [2.45, 2.75) is 32.2 Å². The van der Waals surface area contributed by atoms with Crippen LogP contribution in [0.15, 0.2) is 48.9 Å². The van der Waals surface area contributed by atoms with Crippen LogP contribution in [0, 0.1) is 5.41 Å². The van der Waals surface area contributed by atoms with E-state index in [-0.39, 0.29) is 0 Å². The highest BCUT2D eigenvalue weighted by molar-refractivity contribution is 6.02. The Hall–Kier alpha value is -3.06. The minimum absolute atomic E-state index is 0.310. The Kier molecular flexibility index (Phi) is 5.43. The van der Waals surface area contributed by atoms with Gasteiger partial charge >= 0.3 is 0 Å². The number of hydrogen-bond acceptors (Lipinski definition) is 6. The van der Waals surface area contributed by atoms with Crippen LogP contribution in [0.4, 0.5) is 5.82 Å². The third kappa shape index (κ3) is 3.80. The van der Waals surface area contributed by atoms with Crippen molar-refractivity contribution in [2.75, 3.05) is 18.5 Å². The van der Waals surface area contributed by atoms with E-state index in [1.165, 1.54) is 0 Å². The van der Waals surface area contributed by atoms with Gasteiger partial charge in [0.2, 0.25) is 0 Å². The summed E-state index contributed by atoms with van der Waals surface area (Å²) in [4.78, 5) is 8.97. The Morgan fingerprint density at radius 3 is 2.68 bits per heavy atom. The Bertz CT molecular complexity index is 947. The van der Waals surface area contributed by atoms with Gasteiger partial charge in [-0.1, -0.05) is 6.92 Å². The average molecular weight is 376 g/mol. The molecule has 0 amide bonds. The number of nitrogens with one attached hydrogen (secondary N) is 2. The lowest BCUT2D eigenvalue weighted by atomic mass is 10.1. The molecule has 0 bridgehead atoms. The summed E-state index contributed by atoms with van der Waals surface area (Å²) >= 11 is 0. The molecule has 4 heterocycles. The van der Waals surface area contributed by atoms with E-state index < -0.39 is 0 Å². The van der Waals surface area contributed by atoms with Crippen molar-refractivity contribution in [3.63, 3.8) is 0 Å². The molecular weight excluding hydrogens is 352 g/mol. The standard InChI is InChI=1S/C21H24N6O/c1-2-18(22)17-3-4-19(26-21(17)25-15-8-13-28-14-9-15)20-7-12-24-27(20)16-5-10-23-11-6-16/h3-7,10-12,15,22H,2,8-9,13-14H2,1H3,(H,25,26). The van der Waals surface area contributed by atoms with E-state index in [2.05, 4.69) is 15.4 Å². The first-order valence-electron chi connectivity index (χ1n) is 9.64. The maximum Gasteiger partial charge on any atom is 0.136 e. The summed E-state index contributed by atoms with van der Waals surface area (Å²) < 4.78 is 7.32. The number of aromatic nitrogens is 4. The lowest BCUT2D eigenvalue weighted by Crippen LogP contribution is -2.29. The molecule has 1 aliphatic rings. The first kappa shape index (κ1) is 18.3. The molecule has 1 fully saturated rings. The number of ether oxygens (including phenoxy) is 1. The molecular formula is C21H24N6O. The van der Waals surface area contributed by atoms with Gasteiger partial charge in [-0.25, -0.2) is 9.67 Å². The second-order valence-electron chi connectivity index (χ2n) is 6.79. The number of hydrogen-bond donors (Lipinski definition) is 2. The third-order valence-corrected chi connectivity index (χ3v) is 4.95. The van der Waals surface area contributed by atoms with E-state index in [0.29, 0.717) is 18.2 Å². The molecule has 1 saturated heterocycles. The molecule has 0 aromatic carbocycles. The van der Waals surface area contributed by atoms with Crippen molar-refractivity contribution in [3.8, 4) is 17.1 Å². The molecule has 0 aliphatic carbocycles. The van der Waals surface area contributed by atoms with Crippen molar-refractivity contribution in [1.29, 1.82) is 5.41 Å². The zero-order valence-corrected chi connectivity index (χ0v) is 15.9. The van der Waals surface area contributed by atoms with Gasteiger partial charge in [0.15, 0.2) is 0 Å². The molecule has 7 nitrogen and oxygen atoms in total. The van der Waals surface area contributed by atoms with Gasteiger partial charge in [0.25, 0.3) is 0 Å². The minimum atomic E-state index is 0.310. The van der Waals surface area contributed by atoms with Crippen LogP contribution in [0.2, 0.25) is 0 Å². The number of pyridine rings is 2. The zero-order valence-electron chi connectivity index (χ0n) is 15.9. The summed E-state index contributed by atoms with van der Waals surface area (Å²) in [7, 11) is 0. The normalized spacial score (nSPS) is 14.8. The fraction of sp³-hybridized carbons (Fsp3) is 0.333. The Labute approximate surface area is 164 Å². The number of rotatable bonds is 6. The largest absolute Gasteiger partial charge is 0.381 e. The Morgan fingerprint density at radius 2 is 1.93 bits per heavy atom. The van der Waals surface area contributed by atoms with E-state index in [9.17, 15) is 0 Å². The molecule has 0 radical (unpaired) electrons. The van der Waals surface area contributed by atoms with Gasteiger partial charge in [-0.05, 0) is 49.6 Å². The zero-order chi connectivity index (χ0) is 19.3. The van der Waals surface area contributed by atoms with Gasteiger partial charge in [0, 0.05) is 42.9 Å². The maximum absolute atomic E-state index is 8.33. The van der Waals surface area contributed by atoms with E-state index in [4.69, 9.17) is 15.1 Å². The van der Waals surface area contributed by atoms with Crippen molar-refractivity contribution in [2.24, 2.45) is 0 Å². The summed E-state index contributed by atoms with van der Waals surface area (Å²) in [5.41, 5.74) is 4.08. The lowest BCUT2D eigenvalue weighted by Gasteiger charge is -2.25. The third-order valence-electron chi connectivity index (χ3n) is 4.95. The van der Waals surface area contributed by atoms with Crippen molar-refractivity contribution >= 4 is 11.5 Å². The van der Waals surface area contributed by atoms with Gasteiger partial charge < -0.3 is 15.5 Å². The van der Waals surface area contributed by atoms with Crippen molar-refractivity contribution in [1.82, 2.24) is 19.7 Å². The molecule has 0 atom stereocenters. The van der Waals surface area contributed by atoms with E-state index in [0.717, 1.165) is 54.5 Å². The maximum atomic E-state index is 8.33. The SMILES string of the molecule is CCC(=N)c1ccc(-c2ccnn2-c2ccncc2)nc1NC1CCOCC1. The van der Waals surface area contributed by atoms with Crippen LogP contribution in [-0.4, -0.2) is 44.7 Å². The van der Waals surface area contributed by atoms with Gasteiger partial charge in [0.1, 0.15) is 5.82 Å². The van der Waals surface area contributed by atoms with Crippen LogP contribution >= 0.6 is 0 Å². The van der Waals surface area contributed by atoms with Crippen molar-refractivity contribution in [3.05, 3.63) is 54.5 Å². The molecule has 0 spiro atoms. The van der Waals surface area contributed by atoms with Crippen LogP contribution in [0.3, 0.4) is 0 Å². The molecule has 3 aromatic rings. The molecule has 7 heteroatoms. The molecule has 28 heavy (non-hydrogen) atoms. The predicted octanol–water partition coefficient (Wildman–Crippen LogP) is 3.70. The van der Waals surface area contributed by atoms with Gasteiger partial charge in [-0.2, -0.15) is 5.10 Å². The second kappa shape index (κ2) is 8.31. The highest BCUT2D eigenvalue weighted by Gasteiger charge is 2.19. The van der Waals surface area contributed by atoms with Crippen LogP contribution in [-0.2, 0) is 4.74 Å². The van der Waals surface area contributed by atoms with Crippen LogP contribution in [0.5, 0.6) is 0 Å². The fourth-order valence-corrected chi connectivity index (χ4v) is 3.37. The highest BCUT2D eigenvalue weighted by atomic mass is 16.5. The van der Waals surface area contributed by atoms with Crippen LogP contribution < -0.4 is 5.32 Å². The van der Waals surface area contributed by atoms with Crippen LogP contribution in [0.1, 0.15) is 31.7 Å². The Morgan fingerprint density at radius 1 is 1.14 bits per heavy atom. The first-order valence-corrected chi connectivity index (χ1v) is 9.64. The molecule has 0 unspecified atom stereocenters. The average Bonchev–Trinajstić information content (AvgIpc) is 3.24. The molecule has 1 aliphatic heterocycles. The smallest absolute Gasteiger partial charge is 0.136 e. The molecule has 3 aromatic heterocycles. The van der Waals surface area contributed by atoms with Gasteiger partial charge in [-0.3, -0.25) is 4.98 Å². The molecule has 0 saturated carbocycles. The monoisotopic (exact) mass is 376 g/mol. The van der Waals surface area contributed by atoms with Crippen molar-refractivity contribution < 1.29 is 4.74 Å². The summed E-state index contributed by atoms with van der Waals surface area (Å²) in [5, 5.41) is 16.3. The topological polar surface area (TPSA) is 88.7 Å². The van der Waals surface area contributed by atoms with E-state index >= 15 is 0 Å². The summed E-state index contributed by atoms with van der Waals surface area (Å²) in [6.07, 6.45) is 7.82. The minimum Gasteiger partial charge on any atom is -0.381 e. The summed E-state index contributed by atoms with van der Waals surface area (Å²) in [6, 6.07) is 10.0. The van der Waals surface area contributed by atoms with Gasteiger partial charge in [0.05, 0.1) is 23.3 Å². The quantitative estimate of drug-likeness (QED) is 0.641. The summed E-state index contributed by atoms with van der Waals surface area (Å²) in [6.45, 7) is 3.51. The Balaban J connectivity index is 1.72. The molecule has 2 N–H and O–H groups in total.